The van der Waals surface area contributed by atoms with Crippen LogP contribution in [0.1, 0.15) is 32.1 Å². The largest absolute Gasteiger partial charge is 0.456 e. The van der Waals surface area contributed by atoms with Crippen molar-refractivity contribution in [2.45, 2.75) is 32.1 Å². The zero-order chi connectivity index (χ0) is 17.8. The van der Waals surface area contributed by atoms with Gasteiger partial charge in [-0.1, -0.05) is 24.2 Å². The van der Waals surface area contributed by atoms with E-state index in [0.717, 1.165) is 37.0 Å². The van der Waals surface area contributed by atoms with Crippen molar-refractivity contribution >= 4 is 44.2 Å². The van der Waals surface area contributed by atoms with Crippen molar-refractivity contribution in [2.24, 2.45) is 5.92 Å². The first-order chi connectivity index (χ1) is 12.0. The lowest BCUT2D eigenvalue weighted by atomic mass is 10.1. The third-order valence-corrected chi connectivity index (χ3v) is 5.06. The van der Waals surface area contributed by atoms with Crippen LogP contribution in [0.2, 0.25) is 0 Å². The number of anilines is 1. The summed E-state index contributed by atoms with van der Waals surface area (Å²) in [4.78, 5) is 38.1. The minimum absolute atomic E-state index is 0.0325. The second-order valence-electron chi connectivity index (χ2n) is 5.99. The van der Waals surface area contributed by atoms with Crippen LogP contribution < -0.4 is 5.32 Å². The van der Waals surface area contributed by atoms with Gasteiger partial charge in [0.1, 0.15) is 0 Å². The van der Waals surface area contributed by atoms with Gasteiger partial charge in [0.2, 0.25) is 0 Å². The second kappa shape index (κ2) is 7.56. The van der Waals surface area contributed by atoms with E-state index in [4.69, 9.17) is 4.74 Å². The number of amides is 1. The Labute approximate surface area is 147 Å². The number of nitro benzene ring substituents is 1. The number of hydrogen-bond donors (Lipinski definition) is 1. The highest BCUT2D eigenvalue weighted by Crippen LogP contribution is 2.29. The summed E-state index contributed by atoms with van der Waals surface area (Å²) in [6, 6.07) is 4.30. The van der Waals surface area contributed by atoms with E-state index in [2.05, 4.69) is 10.3 Å². The number of carbonyl (C=O) groups excluding carboxylic acids is 2. The highest BCUT2D eigenvalue weighted by molar-refractivity contribution is 7.22. The number of hydrogen-bond acceptors (Lipinski definition) is 7. The lowest BCUT2D eigenvalue weighted by Crippen LogP contribution is -2.21. The van der Waals surface area contributed by atoms with E-state index in [-0.39, 0.29) is 18.3 Å². The molecule has 0 aliphatic heterocycles. The zero-order valence-corrected chi connectivity index (χ0v) is 14.2. The fourth-order valence-electron chi connectivity index (χ4n) is 2.89. The Morgan fingerprint density at radius 2 is 2.12 bits per heavy atom. The van der Waals surface area contributed by atoms with Gasteiger partial charge in [-0.25, -0.2) is 4.98 Å². The molecule has 1 aliphatic rings. The van der Waals surface area contributed by atoms with Crippen molar-refractivity contribution in [3.05, 3.63) is 28.3 Å². The Kier molecular flexibility index (Phi) is 5.22. The smallest absolute Gasteiger partial charge is 0.306 e. The van der Waals surface area contributed by atoms with E-state index in [0.29, 0.717) is 27.7 Å². The molecule has 1 N–H and O–H groups in total. The van der Waals surface area contributed by atoms with Crippen LogP contribution in [-0.4, -0.2) is 28.4 Å². The van der Waals surface area contributed by atoms with E-state index in [1.807, 2.05) is 0 Å². The molecule has 0 unspecified atom stereocenters. The van der Waals surface area contributed by atoms with Crippen LogP contribution in [0.15, 0.2) is 18.2 Å². The predicted molar refractivity (Wildman–Crippen MR) is 92.4 cm³/mol. The highest BCUT2D eigenvalue weighted by atomic mass is 32.1. The maximum atomic E-state index is 11.9. The van der Waals surface area contributed by atoms with Gasteiger partial charge in [-0.15, -0.1) is 0 Å². The molecule has 1 saturated carbocycles. The van der Waals surface area contributed by atoms with Crippen molar-refractivity contribution < 1.29 is 19.2 Å². The number of carbonyl (C=O) groups is 2. The van der Waals surface area contributed by atoms with Gasteiger partial charge in [0.15, 0.2) is 11.7 Å². The average Bonchev–Trinajstić information content (AvgIpc) is 3.20. The van der Waals surface area contributed by atoms with Crippen molar-refractivity contribution in [3.8, 4) is 0 Å². The summed E-state index contributed by atoms with van der Waals surface area (Å²) in [7, 11) is 0. The van der Waals surface area contributed by atoms with E-state index in [1.54, 1.807) is 0 Å². The third kappa shape index (κ3) is 4.50. The quantitative estimate of drug-likeness (QED) is 0.479. The molecule has 1 fully saturated rings. The number of nitro groups is 1. The van der Waals surface area contributed by atoms with Crippen molar-refractivity contribution in [3.63, 3.8) is 0 Å². The number of thiazole rings is 1. The molecule has 1 amide bonds. The van der Waals surface area contributed by atoms with Crippen LogP contribution in [0, 0.1) is 16.0 Å². The van der Waals surface area contributed by atoms with Gasteiger partial charge in [-0.05, 0) is 24.8 Å². The lowest BCUT2D eigenvalue weighted by Gasteiger charge is -2.08. The summed E-state index contributed by atoms with van der Waals surface area (Å²) in [6.07, 6.45) is 4.73. The summed E-state index contributed by atoms with van der Waals surface area (Å²) in [5.74, 6) is -0.467. The first-order valence-electron chi connectivity index (χ1n) is 8.02. The number of nitrogens with zero attached hydrogens (tertiary/aromatic N) is 2. The fourth-order valence-corrected chi connectivity index (χ4v) is 3.81. The summed E-state index contributed by atoms with van der Waals surface area (Å²) in [6.45, 7) is -0.359. The molecule has 2 aromatic rings. The lowest BCUT2D eigenvalue weighted by molar-refractivity contribution is -0.384. The predicted octanol–water partition coefficient (Wildman–Crippen LogP) is 3.27. The molecule has 0 saturated heterocycles. The zero-order valence-electron chi connectivity index (χ0n) is 13.4. The minimum Gasteiger partial charge on any atom is -0.456 e. The Hall–Kier alpha value is -2.55. The number of non-ortho nitro benzene ring substituents is 1. The van der Waals surface area contributed by atoms with Crippen LogP contribution in [0.3, 0.4) is 0 Å². The van der Waals surface area contributed by atoms with Crippen LogP contribution in [0.5, 0.6) is 0 Å². The van der Waals surface area contributed by atoms with E-state index in [9.17, 15) is 19.7 Å². The van der Waals surface area contributed by atoms with Gasteiger partial charge in [0, 0.05) is 18.6 Å². The van der Waals surface area contributed by atoms with Gasteiger partial charge in [0.25, 0.3) is 11.6 Å². The van der Waals surface area contributed by atoms with Crippen LogP contribution >= 0.6 is 11.3 Å². The molecular weight excluding hydrogens is 346 g/mol. The van der Waals surface area contributed by atoms with Gasteiger partial charge >= 0.3 is 5.97 Å². The molecule has 0 atom stereocenters. The first-order valence-corrected chi connectivity index (χ1v) is 8.83. The summed E-state index contributed by atoms with van der Waals surface area (Å²) >= 11 is 1.13. The fraction of sp³-hybridized carbons (Fsp3) is 0.438. The molecule has 0 bridgehead atoms. The standard InChI is InChI=1S/C16H17N3O5S/c20-14(9-24-15(21)7-10-3-1-2-4-10)18-16-17-12-6-5-11(19(22)23)8-13(12)25-16/h5-6,8,10H,1-4,7,9H2,(H,17,18,20). The van der Waals surface area contributed by atoms with Crippen molar-refractivity contribution in [1.82, 2.24) is 4.98 Å². The molecular formula is C16H17N3O5S. The summed E-state index contributed by atoms with van der Waals surface area (Å²) in [5.41, 5.74) is 0.527. The summed E-state index contributed by atoms with van der Waals surface area (Å²) < 4.78 is 5.60. The van der Waals surface area contributed by atoms with Crippen molar-refractivity contribution in [2.75, 3.05) is 11.9 Å². The Bertz CT molecular complexity index is 813. The van der Waals surface area contributed by atoms with Gasteiger partial charge < -0.3 is 4.74 Å². The number of benzene rings is 1. The van der Waals surface area contributed by atoms with Gasteiger partial charge in [-0.3, -0.25) is 25.0 Å². The molecule has 9 heteroatoms. The number of fused-ring (bicyclic) bond motifs is 1. The topological polar surface area (TPSA) is 111 Å². The number of aromatic nitrogens is 1. The molecule has 0 radical (unpaired) electrons. The van der Waals surface area contributed by atoms with Crippen LogP contribution in [0.4, 0.5) is 10.8 Å². The number of rotatable bonds is 6. The normalized spacial score (nSPS) is 14.6. The third-order valence-electron chi connectivity index (χ3n) is 4.12. The van der Waals surface area contributed by atoms with Gasteiger partial charge in [-0.2, -0.15) is 0 Å². The van der Waals surface area contributed by atoms with E-state index in [1.165, 1.54) is 18.2 Å². The molecule has 1 heterocycles. The van der Waals surface area contributed by atoms with Crippen molar-refractivity contribution in [1.29, 1.82) is 0 Å². The second-order valence-corrected chi connectivity index (χ2v) is 7.02. The number of esters is 1. The Morgan fingerprint density at radius 3 is 2.84 bits per heavy atom. The number of ether oxygens (including phenoxy) is 1. The maximum absolute atomic E-state index is 11.9. The molecule has 1 aromatic heterocycles. The van der Waals surface area contributed by atoms with Crippen LogP contribution in [-0.2, 0) is 14.3 Å². The SMILES string of the molecule is O=C(COC(=O)CC1CCCC1)Nc1nc2ccc([N+](=O)[O-])cc2s1. The van der Waals surface area contributed by atoms with E-state index < -0.39 is 10.8 Å². The molecule has 1 aliphatic carbocycles. The van der Waals surface area contributed by atoms with Gasteiger partial charge in [0.05, 0.1) is 15.1 Å². The molecule has 132 valence electrons. The summed E-state index contributed by atoms with van der Waals surface area (Å²) in [5, 5.41) is 13.6. The Morgan fingerprint density at radius 1 is 1.36 bits per heavy atom. The Balaban J connectivity index is 1.52. The molecule has 25 heavy (non-hydrogen) atoms. The number of nitrogens with one attached hydrogen (secondary N) is 1. The average molecular weight is 363 g/mol. The molecule has 8 nitrogen and oxygen atoms in total. The highest BCUT2D eigenvalue weighted by Gasteiger charge is 2.20. The van der Waals surface area contributed by atoms with E-state index >= 15 is 0 Å². The first kappa shape index (κ1) is 17.3. The molecule has 0 spiro atoms. The molecule has 1 aromatic carbocycles. The maximum Gasteiger partial charge on any atom is 0.306 e. The minimum atomic E-state index is -0.485. The van der Waals surface area contributed by atoms with Crippen LogP contribution in [0.25, 0.3) is 10.2 Å². The molecule has 3 rings (SSSR count). The monoisotopic (exact) mass is 363 g/mol.